The van der Waals surface area contributed by atoms with Crippen LogP contribution < -0.4 is 14.5 Å². The Bertz CT molecular complexity index is 3370. The van der Waals surface area contributed by atoms with E-state index in [2.05, 4.69) is 188 Å². The number of benzene rings is 8. The molecule has 0 saturated heterocycles. The van der Waals surface area contributed by atoms with E-state index in [0.717, 1.165) is 78.4 Å². The largest absolute Gasteiger partial charge is 0.457 e. The van der Waals surface area contributed by atoms with Crippen LogP contribution in [0.15, 0.2) is 200 Å². The van der Waals surface area contributed by atoms with Crippen molar-refractivity contribution < 1.29 is 9.13 Å². The maximum atomic E-state index is 15.4. The fourth-order valence-electron chi connectivity index (χ4n) is 9.68. The molecule has 3 heterocycles. The van der Waals surface area contributed by atoms with Crippen LogP contribution >= 0.6 is 0 Å². The zero-order chi connectivity index (χ0) is 44.9. The lowest BCUT2D eigenvalue weighted by atomic mass is 9.87. The molecule has 11 rings (SSSR count). The normalized spacial score (nSPS) is 12.5. The zero-order valence-electron chi connectivity index (χ0n) is 37.5. The number of anilines is 4. The van der Waals surface area contributed by atoms with E-state index >= 15 is 4.39 Å². The van der Waals surface area contributed by atoms with E-state index in [1.54, 1.807) is 12.1 Å². The summed E-state index contributed by atoms with van der Waals surface area (Å²) in [6, 6.07) is 66.8. The van der Waals surface area contributed by atoms with Crippen molar-refractivity contribution in [2.75, 3.05) is 16.5 Å². The molecule has 10 aromatic rings. The van der Waals surface area contributed by atoms with Gasteiger partial charge in [-0.3, -0.25) is 4.57 Å². The summed E-state index contributed by atoms with van der Waals surface area (Å²) in [6.45, 7) is 9.51. The van der Waals surface area contributed by atoms with E-state index in [1.165, 1.54) is 22.4 Å². The number of rotatable bonds is 10. The first-order chi connectivity index (χ1) is 32.3. The number of pyridine rings is 1. The highest BCUT2D eigenvalue weighted by atomic mass is 19.1. The molecule has 2 aromatic heterocycles. The molecular formula is C60H49FN4O. The summed E-state index contributed by atoms with van der Waals surface area (Å²) in [7, 11) is 0. The van der Waals surface area contributed by atoms with Gasteiger partial charge < -0.3 is 14.5 Å². The molecule has 66 heavy (non-hydrogen) atoms. The van der Waals surface area contributed by atoms with Crippen LogP contribution in [0.1, 0.15) is 50.7 Å². The molecular weight excluding hydrogens is 812 g/mol. The number of nitrogens with zero attached hydrogens (tertiary/aromatic N) is 4. The summed E-state index contributed by atoms with van der Waals surface area (Å²) in [5.74, 6) is 2.46. The molecule has 322 valence electrons. The van der Waals surface area contributed by atoms with Crippen LogP contribution in [-0.4, -0.2) is 16.2 Å². The van der Waals surface area contributed by atoms with Crippen LogP contribution in [0.25, 0.3) is 61.0 Å². The third-order valence-electron chi connectivity index (χ3n) is 12.9. The van der Waals surface area contributed by atoms with Crippen molar-refractivity contribution in [3.63, 3.8) is 0 Å². The van der Waals surface area contributed by atoms with Gasteiger partial charge in [0.1, 0.15) is 29.8 Å². The first-order valence-corrected chi connectivity index (χ1v) is 22.8. The van der Waals surface area contributed by atoms with Crippen LogP contribution in [-0.2, 0) is 0 Å². The second-order valence-electron chi connectivity index (χ2n) is 17.8. The van der Waals surface area contributed by atoms with Gasteiger partial charge in [-0.15, -0.1) is 0 Å². The monoisotopic (exact) mass is 860 g/mol. The standard InChI is InChI=1S/C60H49FN4O/c1-39(2)52-34-45(49-18-8-10-20-54(49)61)35-53(40(3)4)60(52)64-38-63(56-22-12-13-23-57(56)64)46-32-44(43-27-25-42(26-28-43)41-16-6-5-7-17-41)33-48(36-46)66-47-29-30-51-50-19-9-11-21-55(50)65(58(51)37-47)59-24-14-15-31-62-59/h5-37,39-40H,38H2,1-4H3. The molecule has 0 unspecified atom stereocenters. The third kappa shape index (κ3) is 7.34. The maximum absolute atomic E-state index is 15.4. The van der Waals surface area contributed by atoms with E-state index in [0.29, 0.717) is 12.2 Å². The van der Waals surface area contributed by atoms with Gasteiger partial charge in [-0.2, -0.15) is 0 Å². The number of halogens is 1. The number of hydrogen-bond acceptors (Lipinski definition) is 4. The molecule has 0 bridgehead atoms. The van der Waals surface area contributed by atoms with Gasteiger partial charge in [0.2, 0.25) is 0 Å². The predicted molar refractivity (Wildman–Crippen MR) is 272 cm³/mol. The lowest BCUT2D eigenvalue weighted by molar-refractivity contribution is 0.483. The van der Waals surface area contributed by atoms with E-state index in [1.807, 2.05) is 42.6 Å². The molecule has 0 atom stereocenters. The Morgan fingerprint density at radius 2 is 1.11 bits per heavy atom. The number of fused-ring (bicyclic) bond motifs is 4. The minimum absolute atomic E-state index is 0.182. The van der Waals surface area contributed by atoms with E-state index in [-0.39, 0.29) is 17.7 Å². The molecule has 1 aliphatic rings. The smallest absolute Gasteiger partial charge is 0.137 e. The van der Waals surface area contributed by atoms with E-state index in [4.69, 9.17) is 9.72 Å². The zero-order valence-corrected chi connectivity index (χ0v) is 37.5. The van der Waals surface area contributed by atoms with Crippen LogP contribution in [0.2, 0.25) is 0 Å². The molecule has 1 aliphatic heterocycles. The topological polar surface area (TPSA) is 33.5 Å². The van der Waals surface area contributed by atoms with Crippen LogP contribution in [0, 0.1) is 5.82 Å². The number of para-hydroxylation sites is 3. The lowest BCUT2D eigenvalue weighted by Gasteiger charge is -2.30. The highest BCUT2D eigenvalue weighted by Gasteiger charge is 2.33. The van der Waals surface area contributed by atoms with Gasteiger partial charge in [0.25, 0.3) is 0 Å². The SMILES string of the molecule is CC(C)c1cc(-c2ccccc2F)cc(C(C)C)c1N1CN(c2cc(Oc3ccc4c5ccccc5n(-c5ccccn5)c4c3)cc(-c3ccc(-c4ccccc4)cc3)c2)c2ccccc21. The van der Waals surface area contributed by atoms with Gasteiger partial charge >= 0.3 is 0 Å². The Labute approximate surface area is 385 Å². The van der Waals surface area contributed by atoms with E-state index < -0.39 is 0 Å². The molecule has 5 nitrogen and oxygen atoms in total. The second kappa shape index (κ2) is 16.9. The van der Waals surface area contributed by atoms with Crippen molar-refractivity contribution in [3.05, 3.63) is 217 Å². The highest BCUT2D eigenvalue weighted by molar-refractivity contribution is 6.09. The van der Waals surface area contributed by atoms with E-state index in [9.17, 15) is 0 Å². The van der Waals surface area contributed by atoms with Crippen LogP contribution in [0.4, 0.5) is 27.1 Å². The fraction of sp³-hybridized carbons (Fsp3) is 0.117. The first kappa shape index (κ1) is 40.8. The van der Waals surface area contributed by atoms with Gasteiger partial charge in [-0.25, -0.2) is 9.37 Å². The van der Waals surface area contributed by atoms with Crippen molar-refractivity contribution >= 4 is 44.6 Å². The molecule has 0 aliphatic carbocycles. The van der Waals surface area contributed by atoms with Crippen molar-refractivity contribution in [1.82, 2.24) is 9.55 Å². The maximum Gasteiger partial charge on any atom is 0.137 e. The predicted octanol–water partition coefficient (Wildman–Crippen LogP) is 16.6. The van der Waals surface area contributed by atoms with Crippen molar-refractivity contribution in [1.29, 1.82) is 0 Å². The quantitative estimate of drug-likeness (QED) is 0.137. The third-order valence-corrected chi connectivity index (χ3v) is 12.9. The highest BCUT2D eigenvalue weighted by Crippen LogP contribution is 2.50. The second-order valence-corrected chi connectivity index (χ2v) is 17.8. The Morgan fingerprint density at radius 1 is 0.485 bits per heavy atom. The van der Waals surface area contributed by atoms with Crippen molar-refractivity contribution in [2.24, 2.45) is 0 Å². The number of hydrogen-bond donors (Lipinski definition) is 0. The molecule has 6 heteroatoms. The molecule has 0 fully saturated rings. The summed E-state index contributed by atoms with van der Waals surface area (Å²) in [4.78, 5) is 9.61. The summed E-state index contributed by atoms with van der Waals surface area (Å²) < 4.78 is 24.6. The van der Waals surface area contributed by atoms with Gasteiger partial charge in [-0.1, -0.05) is 137 Å². The average Bonchev–Trinajstić information content (AvgIpc) is 3.90. The Balaban J connectivity index is 1.04. The molecule has 0 amide bonds. The Hall–Kier alpha value is -7.96. The minimum Gasteiger partial charge on any atom is -0.457 e. The van der Waals surface area contributed by atoms with Gasteiger partial charge in [-0.05, 0) is 124 Å². The molecule has 8 aromatic carbocycles. The molecule has 0 radical (unpaired) electrons. The summed E-state index contributed by atoms with van der Waals surface area (Å²) >= 11 is 0. The number of aromatic nitrogens is 2. The molecule has 0 saturated carbocycles. The lowest BCUT2D eigenvalue weighted by Crippen LogP contribution is -2.26. The minimum atomic E-state index is -0.213. The van der Waals surface area contributed by atoms with Crippen molar-refractivity contribution in [2.45, 2.75) is 39.5 Å². The Kier molecular flexibility index (Phi) is 10.4. The average molecular weight is 861 g/mol. The fourth-order valence-corrected chi connectivity index (χ4v) is 9.68. The van der Waals surface area contributed by atoms with Gasteiger partial charge in [0, 0.05) is 46.0 Å². The Morgan fingerprint density at radius 3 is 1.82 bits per heavy atom. The molecule has 0 spiro atoms. The van der Waals surface area contributed by atoms with Gasteiger partial charge in [0.05, 0.1) is 22.4 Å². The van der Waals surface area contributed by atoms with Gasteiger partial charge in [0.15, 0.2) is 0 Å². The summed E-state index contributed by atoms with van der Waals surface area (Å²) in [6.07, 6.45) is 1.83. The van der Waals surface area contributed by atoms with Crippen LogP contribution in [0.3, 0.4) is 0 Å². The summed E-state index contributed by atoms with van der Waals surface area (Å²) in [5, 5.41) is 2.29. The number of ether oxygens (including phenoxy) is 1. The van der Waals surface area contributed by atoms with Crippen LogP contribution in [0.5, 0.6) is 11.5 Å². The molecule has 0 N–H and O–H groups in total. The summed E-state index contributed by atoms with van der Waals surface area (Å²) in [5.41, 5.74) is 14.9. The van der Waals surface area contributed by atoms with Crippen molar-refractivity contribution in [3.8, 4) is 50.7 Å². The first-order valence-electron chi connectivity index (χ1n) is 22.8.